The van der Waals surface area contributed by atoms with Crippen LogP contribution in [0.4, 0.5) is 0 Å². The molecule has 1 aliphatic heterocycles. The van der Waals surface area contributed by atoms with E-state index in [2.05, 4.69) is 5.10 Å². The summed E-state index contributed by atoms with van der Waals surface area (Å²) in [6.07, 6.45) is 5.69. The molecule has 0 atom stereocenters. The van der Waals surface area contributed by atoms with Gasteiger partial charge in [-0.15, -0.1) is 0 Å². The second kappa shape index (κ2) is 6.70. The van der Waals surface area contributed by atoms with E-state index in [1.807, 2.05) is 24.8 Å². The normalized spacial score (nSPS) is 16.8. The standard InChI is InChI=1S/C19H25N5O2/c1-13-11-14(2)24(21-13)19-20-16-8-4-3-7-15(16)18(26)23(19)12-17(25)22-9-5-6-10-22/h11H,3-10,12H2,1-2H3. The minimum Gasteiger partial charge on any atom is -0.341 e. The fraction of sp³-hybridized carbons (Fsp3) is 0.579. The summed E-state index contributed by atoms with van der Waals surface area (Å²) in [6, 6.07) is 1.96. The SMILES string of the molecule is Cc1cc(C)n(-c2nc3c(c(=O)n2CC(=O)N2CCCC2)CCCC3)n1. The van der Waals surface area contributed by atoms with E-state index in [1.165, 1.54) is 4.57 Å². The van der Waals surface area contributed by atoms with Crippen LogP contribution in [-0.2, 0) is 24.2 Å². The van der Waals surface area contributed by atoms with Gasteiger partial charge in [0.1, 0.15) is 6.54 Å². The molecule has 0 saturated carbocycles. The molecular weight excluding hydrogens is 330 g/mol. The molecule has 0 bridgehead atoms. The highest BCUT2D eigenvalue weighted by molar-refractivity contribution is 5.76. The van der Waals surface area contributed by atoms with Crippen LogP contribution in [0.2, 0.25) is 0 Å². The van der Waals surface area contributed by atoms with E-state index in [0.29, 0.717) is 5.95 Å². The summed E-state index contributed by atoms with van der Waals surface area (Å²) >= 11 is 0. The Hall–Kier alpha value is -2.44. The lowest BCUT2D eigenvalue weighted by Crippen LogP contribution is -2.39. The first-order valence-electron chi connectivity index (χ1n) is 9.48. The Balaban J connectivity index is 1.83. The van der Waals surface area contributed by atoms with Gasteiger partial charge in [-0.25, -0.2) is 9.67 Å². The van der Waals surface area contributed by atoms with Crippen LogP contribution >= 0.6 is 0 Å². The highest BCUT2D eigenvalue weighted by atomic mass is 16.2. The van der Waals surface area contributed by atoms with Gasteiger partial charge in [0.15, 0.2) is 0 Å². The van der Waals surface area contributed by atoms with E-state index in [1.54, 1.807) is 4.68 Å². The number of nitrogens with zero attached hydrogens (tertiary/aromatic N) is 5. The fourth-order valence-corrected chi connectivity index (χ4v) is 4.02. The molecule has 0 unspecified atom stereocenters. The molecule has 2 aromatic heterocycles. The number of rotatable bonds is 3. The Morgan fingerprint density at radius 3 is 2.54 bits per heavy atom. The summed E-state index contributed by atoms with van der Waals surface area (Å²) < 4.78 is 3.23. The van der Waals surface area contributed by atoms with Gasteiger partial charge in [0.25, 0.3) is 5.56 Å². The van der Waals surface area contributed by atoms with Crippen LogP contribution in [0.3, 0.4) is 0 Å². The molecule has 1 fully saturated rings. The molecule has 0 radical (unpaired) electrons. The first-order chi connectivity index (χ1) is 12.5. The van der Waals surface area contributed by atoms with Crippen molar-refractivity contribution in [1.29, 1.82) is 0 Å². The average Bonchev–Trinajstić information content (AvgIpc) is 3.27. The third-order valence-corrected chi connectivity index (χ3v) is 5.37. The van der Waals surface area contributed by atoms with Crippen molar-refractivity contribution in [2.75, 3.05) is 13.1 Å². The van der Waals surface area contributed by atoms with Gasteiger partial charge >= 0.3 is 0 Å². The van der Waals surface area contributed by atoms with Gasteiger partial charge in [-0.2, -0.15) is 5.10 Å². The number of likely N-dealkylation sites (tertiary alicyclic amines) is 1. The van der Waals surface area contributed by atoms with Crippen molar-refractivity contribution in [3.8, 4) is 5.95 Å². The van der Waals surface area contributed by atoms with Gasteiger partial charge in [0.05, 0.1) is 11.4 Å². The van der Waals surface area contributed by atoms with Gasteiger partial charge < -0.3 is 4.90 Å². The molecular formula is C19H25N5O2. The molecule has 7 heteroatoms. The van der Waals surface area contributed by atoms with Gasteiger partial charge in [-0.05, 0) is 58.4 Å². The first-order valence-corrected chi connectivity index (χ1v) is 9.48. The minimum absolute atomic E-state index is 0.00931. The molecule has 26 heavy (non-hydrogen) atoms. The number of hydrogen-bond acceptors (Lipinski definition) is 4. The van der Waals surface area contributed by atoms with Crippen molar-refractivity contribution in [2.45, 2.75) is 58.9 Å². The quantitative estimate of drug-likeness (QED) is 0.837. The molecule has 138 valence electrons. The van der Waals surface area contributed by atoms with Gasteiger partial charge in [0, 0.05) is 24.3 Å². The summed E-state index contributed by atoms with van der Waals surface area (Å²) in [6.45, 7) is 5.45. The Morgan fingerprint density at radius 1 is 1.12 bits per heavy atom. The molecule has 3 heterocycles. The van der Waals surface area contributed by atoms with E-state index in [9.17, 15) is 9.59 Å². The van der Waals surface area contributed by atoms with Gasteiger partial charge in [0.2, 0.25) is 11.9 Å². The van der Waals surface area contributed by atoms with Gasteiger partial charge in [-0.1, -0.05) is 0 Å². The Bertz CT molecular complexity index is 905. The van der Waals surface area contributed by atoms with E-state index in [0.717, 1.165) is 74.3 Å². The number of aryl methyl sites for hydroxylation is 3. The summed E-state index contributed by atoms with van der Waals surface area (Å²) in [4.78, 5) is 32.5. The Kier molecular flexibility index (Phi) is 4.38. The zero-order valence-electron chi connectivity index (χ0n) is 15.5. The number of amides is 1. The first kappa shape index (κ1) is 17.0. The van der Waals surface area contributed by atoms with Crippen molar-refractivity contribution in [3.63, 3.8) is 0 Å². The zero-order valence-corrected chi connectivity index (χ0v) is 15.5. The maximum absolute atomic E-state index is 13.2. The highest BCUT2D eigenvalue weighted by Crippen LogP contribution is 2.19. The lowest BCUT2D eigenvalue weighted by atomic mass is 9.97. The zero-order chi connectivity index (χ0) is 18.3. The third kappa shape index (κ3) is 2.95. The number of carbonyl (C=O) groups excluding carboxylic acids is 1. The topological polar surface area (TPSA) is 73.0 Å². The van der Waals surface area contributed by atoms with Gasteiger partial charge in [-0.3, -0.25) is 14.2 Å². The summed E-state index contributed by atoms with van der Waals surface area (Å²) in [7, 11) is 0. The molecule has 0 aromatic carbocycles. The second-order valence-corrected chi connectivity index (χ2v) is 7.36. The number of hydrogen-bond donors (Lipinski definition) is 0. The molecule has 2 aliphatic rings. The molecule has 2 aromatic rings. The molecule has 1 aliphatic carbocycles. The third-order valence-electron chi connectivity index (χ3n) is 5.37. The predicted octanol–water partition coefficient (Wildman–Crippen LogP) is 1.55. The monoisotopic (exact) mass is 355 g/mol. The summed E-state index contributed by atoms with van der Waals surface area (Å²) in [5.41, 5.74) is 3.34. The average molecular weight is 355 g/mol. The minimum atomic E-state index is -0.0789. The molecule has 0 N–H and O–H groups in total. The van der Waals surface area contributed by atoms with Crippen LogP contribution < -0.4 is 5.56 Å². The van der Waals surface area contributed by atoms with Crippen LogP contribution in [0.1, 0.15) is 48.3 Å². The second-order valence-electron chi connectivity index (χ2n) is 7.36. The van der Waals surface area contributed by atoms with Crippen molar-refractivity contribution < 1.29 is 4.79 Å². The van der Waals surface area contributed by atoms with Crippen molar-refractivity contribution in [3.05, 3.63) is 39.1 Å². The molecule has 4 rings (SSSR count). The van der Waals surface area contributed by atoms with Crippen molar-refractivity contribution >= 4 is 5.91 Å². The maximum atomic E-state index is 13.2. The summed E-state index contributed by atoms with van der Waals surface area (Å²) in [5.74, 6) is 0.457. The molecule has 7 nitrogen and oxygen atoms in total. The van der Waals surface area contributed by atoms with Crippen LogP contribution in [0.15, 0.2) is 10.9 Å². The maximum Gasteiger partial charge on any atom is 0.258 e. The van der Waals surface area contributed by atoms with Crippen LogP contribution in [0.5, 0.6) is 0 Å². The lowest BCUT2D eigenvalue weighted by molar-refractivity contribution is -0.130. The van der Waals surface area contributed by atoms with E-state index in [4.69, 9.17) is 4.98 Å². The fourth-order valence-electron chi connectivity index (χ4n) is 4.02. The van der Waals surface area contributed by atoms with Crippen molar-refractivity contribution in [2.24, 2.45) is 0 Å². The van der Waals surface area contributed by atoms with E-state index >= 15 is 0 Å². The number of fused-ring (bicyclic) bond motifs is 1. The molecule has 1 saturated heterocycles. The van der Waals surface area contributed by atoms with Crippen LogP contribution in [0.25, 0.3) is 5.95 Å². The van der Waals surface area contributed by atoms with Crippen molar-refractivity contribution in [1.82, 2.24) is 24.2 Å². The largest absolute Gasteiger partial charge is 0.341 e. The van der Waals surface area contributed by atoms with Crippen LogP contribution in [0, 0.1) is 13.8 Å². The predicted molar refractivity (Wildman–Crippen MR) is 97.5 cm³/mol. The highest BCUT2D eigenvalue weighted by Gasteiger charge is 2.25. The molecule has 1 amide bonds. The summed E-state index contributed by atoms with van der Waals surface area (Å²) in [5, 5.41) is 4.51. The Morgan fingerprint density at radius 2 is 1.85 bits per heavy atom. The lowest BCUT2D eigenvalue weighted by Gasteiger charge is -2.21. The smallest absolute Gasteiger partial charge is 0.258 e. The van der Waals surface area contributed by atoms with Crippen LogP contribution in [-0.4, -0.2) is 43.2 Å². The number of carbonyl (C=O) groups is 1. The Labute approximate surface area is 152 Å². The van der Waals surface area contributed by atoms with E-state index < -0.39 is 0 Å². The number of aromatic nitrogens is 4. The van der Waals surface area contributed by atoms with E-state index in [-0.39, 0.29) is 18.0 Å². The molecule has 0 spiro atoms.